The van der Waals surface area contributed by atoms with Crippen LogP contribution in [-0.4, -0.2) is 11.5 Å². The van der Waals surface area contributed by atoms with Crippen LogP contribution in [0.3, 0.4) is 0 Å². The highest BCUT2D eigenvalue weighted by Crippen LogP contribution is 2.19. The molecule has 0 amide bonds. The van der Waals surface area contributed by atoms with E-state index in [1.54, 1.807) is 6.26 Å². The Kier molecular flexibility index (Phi) is 3.15. The van der Waals surface area contributed by atoms with Gasteiger partial charge in [-0.25, -0.2) is 0 Å². The number of hydrogen-bond donors (Lipinski definition) is 1. The molecule has 0 saturated heterocycles. The van der Waals surface area contributed by atoms with E-state index in [1.807, 2.05) is 24.5 Å². The summed E-state index contributed by atoms with van der Waals surface area (Å²) in [6, 6.07) is 5.91. The van der Waals surface area contributed by atoms with Crippen LogP contribution >= 0.6 is 0 Å². The van der Waals surface area contributed by atoms with E-state index in [2.05, 4.69) is 23.3 Å². The minimum Gasteiger partial charge on any atom is -0.464 e. The van der Waals surface area contributed by atoms with Gasteiger partial charge in [-0.3, -0.25) is 4.98 Å². The molecule has 0 aliphatic rings. The molecule has 3 heteroatoms. The fourth-order valence-corrected chi connectivity index (χ4v) is 1.43. The first-order valence-corrected chi connectivity index (χ1v) is 5.08. The van der Waals surface area contributed by atoms with Crippen molar-refractivity contribution >= 4 is 0 Å². The highest BCUT2D eigenvalue weighted by molar-refractivity contribution is 5.56. The van der Waals surface area contributed by atoms with Crippen molar-refractivity contribution in [3.05, 3.63) is 42.4 Å². The molecule has 78 valence electrons. The van der Waals surface area contributed by atoms with Crippen LogP contribution in [-0.2, 0) is 6.54 Å². The smallest absolute Gasteiger partial charge is 0.135 e. The van der Waals surface area contributed by atoms with E-state index >= 15 is 0 Å². The third kappa shape index (κ3) is 2.44. The fraction of sp³-hybridized carbons (Fsp3) is 0.250. The van der Waals surface area contributed by atoms with Crippen molar-refractivity contribution in [2.45, 2.75) is 13.5 Å². The van der Waals surface area contributed by atoms with Crippen LogP contribution in [0.1, 0.15) is 12.5 Å². The van der Waals surface area contributed by atoms with Gasteiger partial charge in [-0.2, -0.15) is 0 Å². The first kappa shape index (κ1) is 9.93. The van der Waals surface area contributed by atoms with Crippen LogP contribution in [0.2, 0.25) is 0 Å². The van der Waals surface area contributed by atoms with Gasteiger partial charge in [0, 0.05) is 24.5 Å². The Morgan fingerprint density at radius 2 is 2.33 bits per heavy atom. The second-order valence-corrected chi connectivity index (χ2v) is 3.34. The third-order valence-corrected chi connectivity index (χ3v) is 2.18. The SMILES string of the molecule is CCNCc1cncc(-c2ccco2)c1. The van der Waals surface area contributed by atoms with Crippen molar-refractivity contribution in [3.8, 4) is 11.3 Å². The molecular formula is C12H14N2O. The van der Waals surface area contributed by atoms with Gasteiger partial charge < -0.3 is 9.73 Å². The van der Waals surface area contributed by atoms with E-state index in [1.165, 1.54) is 5.56 Å². The van der Waals surface area contributed by atoms with Gasteiger partial charge in [-0.05, 0) is 30.3 Å². The Morgan fingerprint density at radius 3 is 3.07 bits per heavy atom. The number of rotatable bonds is 4. The van der Waals surface area contributed by atoms with E-state index in [9.17, 15) is 0 Å². The number of furan rings is 1. The van der Waals surface area contributed by atoms with E-state index in [4.69, 9.17) is 4.42 Å². The van der Waals surface area contributed by atoms with Gasteiger partial charge in [0.2, 0.25) is 0 Å². The summed E-state index contributed by atoms with van der Waals surface area (Å²) in [5.74, 6) is 0.862. The number of nitrogens with one attached hydrogen (secondary N) is 1. The van der Waals surface area contributed by atoms with Crippen molar-refractivity contribution in [2.24, 2.45) is 0 Å². The zero-order chi connectivity index (χ0) is 10.5. The summed E-state index contributed by atoms with van der Waals surface area (Å²) >= 11 is 0. The summed E-state index contributed by atoms with van der Waals surface area (Å²) in [5, 5.41) is 3.27. The van der Waals surface area contributed by atoms with Crippen LogP contribution in [0, 0.1) is 0 Å². The monoisotopic (exact) mass is 202 g/mol. The van der Waals surface area contributed by atoms with Gasteiger partial charge in [0.1, 0.15) is 5.76 Å². The topological polar surface area (TPSA) is 38.1 Å². The van der Waals surface area contributed by atoms with E-state index < -0.39 is 0 Å². The molecule has 0 spiro atoms. The van der Waals surface area contributed by atoms with Crippen molar-refractivity contribution < 1.29 is 4.42 Å². The summed E-state index contributed by atoms with van der Waals surface area (Å²) in [7, 11) is 0. The maximum Gasteiger partial charge on any atom is 0.135 e. The highest BCUT2D eigenvalue weighted by atomic mass is 16.3. The third-order valence-electron chi connectivity index (χ3n) is 2.18. The molecule has 0 unspecified atom stereocenters. The lowest BCUT2D eigenvalue weighted by Crippen LogP contribution is -2.11. The molecule has 2 aromatic heterocycles. The molecule has 3 nitrogen and oxygen atoms in total. The van der Waals surface area contributed by atoms with E-state index in [0.29, 0.717) is 0 Å². The fourth-order valence-electron chi connectivity index (χ4n) is 1.43. The molecule has 0 aromatic carbocycles. The quantitative estimate of drug-likeness (QED) is 0.827. The Balaban J connectivity index is 2.19. The molecule has 0 bridgehead atoms. The molecule has 2 rings (SSSR count). The van der Waals surface area contributed by atoms with Crippen molar-refractivity contribution in [1.29, 1.82) is 0 Å². The van der Waals surface area contributed by atoms with Gasteiger partial charge in [0.15, 0.2) is 0 Å². The molecule has 2 aromatic rings. The summed E-state index contributed by atoms with van der Waals surface area (Å²) in [6.45, 7) is 3.90. The van der Waals surface area contributed by atoms with Crippen molar-refractivity contribution in [1.82, 2.24) is 10.3 Å². The predicted molar refractivity (Wildman–Crippen MR) is 59.3 cm³/mol. The van der Waals surface area contributed by atoms with Crippen LogP contribution in [0.4, 0.5) is 0 Å². The van der Waals surface area contributed by atoms with Gasteiger partial charge >= 0.3 is 0 Å². The zero-order valence-corrected chi connectivity index (χ0v) is 8.73. The molecule has 0 aliphatic carbocycles. The molecule has 2 heterocycles. The summed E-state index contributed by atoms with van der Waals surface area (Å²) in [4.78, 5) is 4.19. The summed E-state index contributed by atoms with van der Waals surface area (Å²) in [5.41, 5.74) is 2.20. The number of nitrogens with zero attached hydrogens (tertiary/aromatic N) is 1. The number of hydrogen-bond acceptors (Lipinski definition) is 3. The largest absolute Gasteiger partial charge is 0.464 e. The minimum absolute atomic E-state index is 0.845. The van der Waals surface area contributed by atoms with Crippen LogP contribution in [0.5, 0.6) is 0 Å². The molecule has 0 saturated carbocycles. The maximum absolute atomic E-state index is 5.32. The Bertz CT molecular complexity index is 409. The predicted octanol–water partition coefficient (Wildman–Crippen LogP) is 2.45. The van der Waals surface area contributed by atoms with E-state index in [0.717, 1.165) is 24.4 Å². The van der Waals surface area contributed by atoms with Gasteiger partial charge in [-0.1, -0.05) is 6.92 Å². The minimum atomic E-state index is 0.845. The van der Waals surface area contributed by atoms with Gasteiger partial charge in [-0.15, -0.1) is 0 Å². The molecule has 0 radical (unpaired) electrons. The van der Waals surface area contributed by atoms with Crippen molar-refractivity contribution in [2.75, 3.05) is 6.54 Å². The van der Waals surface area contributed by atoms with Crippen LogP contribution < -0.4 is 5.32 Å². The Morgan fingerprint density at radius 1 is 1.40 bits per heavy atom. The lowest BCUT2D eigenvalue weighted by molar-refractivity contribution is 0.582. The molecule has 15 heavy (non-hydrogen) atoms. The maximum atomic E-state index is 5.32. The number of aromatic nitrogens is 1. The molecule has 0 fully saturated rings. The second-order valence-electron chi connectivity index (χ2n) is 3.34. The molecule has 1 N–H and O–H groups in total. The van der Waals surface area contributed by atoms with Crippen LogP contribution in [0.15, 0.2) is 41.3 Å². The molecule has 0 atom stereocenters. The second kappa shape index (κ2) is 4.75. The normalized spacial score (nSPS) is 10.5. The highest BCUT2D eigenvalue weighted by Gasteiger charge is 2.01. The van der Waals surface area contributed by atoms with Crippen LogP contribution in [0.25, 0.3) is 11.3 Å². The lowest BCUT2D eigenvalue weighted by atomic mass is 10.1. The first-order chi connectivity index (χ1) is 7.40. The number of pyridine rings is 1. The molecular weight excluding hydrogens is 188 g/mol. The lowest BCUT2D eigenvalue weighted by Gasteiger charge is -2.03. The standard InChI is InChI=1S/C12H14N2O/c1-2-13-7-10-6-11(9-14-8-10)12-4-3-5-15-12/h3-6,8-9,13H,2,7H2,1H3. The summed E-state index contributed by atoms with van der Waals surface area (Å²) in [6.07, 6.45) is 5.36. The first-order valence-electron chi connectivity index (χ1n) is 5.08. The van der Waals surface area contributed by atoms with Crippen molar-refractivity contribution in [3.63, 3.8) is 0 Å². The summed E-state index contributed by atoms with van der Waals surface area (Å²) < 4.78 is 5.32. The Hall–Kier alpha value is -1.61. The van der Waals surface area contributed by atoms with Gasteiger partial charge in [0.05, 0.1) is 6.26 Å². The zero-order valence-electron chi connectivity index (χ0n) is 8.73. The average Bonchev–Trinajstić information content (AvgIpc) is 2.80. The van der Waals surface area contributed by atoms with Gasteiger partial charge in [0.25, 0.3) is 0 Å². The Labute approximate surface area is 89.1 Å². The average molecular weight is 202 g/mol. The molecule has 0 aliphatic heterocycles. The van der Waals surface area contributed by atoms with E-state index in [-0.39, 0.29) is 0 Å².